The van der Waals surface area contributed by atoms with Gasteiger partial charge in [-0.2, -0.15) is 5.10 Å². The Labute approximate surface area is 135 Å². The maximum absolute atomic E-state index is 13.2. The standard InChI is InChI=1S/C17H12FN5O/c18-11-3-6-13-15(9-11)22-16(21-13)10-1-4-12(5-2-10)20-17(24)14-7-8-19-23-14/h1-9H,(H,19,23)(H,20,24)(H,21,22). The number of hydrogen-bond acceptors (Lipinski definition) is 3. The lowest BCUT2D eigenvalue weighted by Gasteiger charge is -2.04. The van der Waals surface area contributed by atoms with Crippen molar-refractivity contribution in [1.82, 2.24) is 20.2 Å². The van der Waals surface area contributed by atoms with Crippen molar-refractivity contribution < 1.29 is 9.18 Å². The molecule has 0 saturated heterocycles. The van der Waals surface area contributed by atoms with Gasteiger partial charge in [0.2, 0.25) is 0 Å². The zero-order valence-electron chi connectivity index (χ0n) is 12.4. The van der Waals surface area contributed by atoms with Crippen LogP contribution in [0.1, 0.15) is 10.5 Å². The summed E-state index contributed by atoms with van der Waals surface area (Å²) in [5, 5.41) is 9.11. The van der Waals surface area contributed by atoms with E-state index in [2.05, 4.69) is 25.5 Å². The highest BCUT2D eigenvalue weighted by atomic mass is 19.1. The van der Waals surface area contributed by atoms with E-state index in [-0.39, 0.29) is 11.7 Å². The second-order valence-corrected chi connectivity index (χ2v) is 5.25. The van der Waals surface area contributed by atoms with Crippen molar-refractivity contribution in [3.63, 3.8) is 0 Å². The number of benzene rings is 2. The summed E-state index contributed by atoms with van der Waals surface area (Å²) in [7, 11) is 0. The molecule has 4 rings (SSSR count). The third-order valence-corrected chi connectivity index (χ3v) is 3.61. The second kappa shape index (κ2) is 5.62. The molecule has 0 fully saturated rings. The van der Waals surface area contributed by atoms with Gasteiger partial charge in [-0.1, -0.05) is 0 Å². The van der Waals surface area contributed by atoms with E-state index in [0.29, 0.717) is 28.2 Å². The number of aromatic amines is 2. The summed E-state index contributed by atoms with van der Waals surface area (Å²) in [6, 6.07) is 13.2. The molecule has 118 valence electrons. The molecular formula is C17H12FN5O. The summed E-state index contributed by atoms with van der Waals surface area (Å²) in [6.07, 6.45) is 1.52. The number of carbonyl (C=O) groups excluding carboxylic acids is 1. The van der Waals surface area contributed by atoms with Gasteiger partial charge in [0.15, 0.2) is 0 Å². The van der Waals surface area contributed by atoms with Crippen LogP contribution in [0, 0.1) is 5.82 Å². The Hall–Kier alpha value is -3.48. The van der Waals surface area contributed by atoms with Crippen LogP contribution in [0.5, 0.6) is 0 Å². The van der Waals surface area contributed by atoms with Crippen LogP contribution < -0.4 is 5.32 Å². The van der Waals surface area contributed by atoms with E-state index < -0.39 is 0 Å². The van der Waals surface area contributed by atoms with Gasteiger partial charge in [0.25, 0.3) is 5.91 Å². The van der Waals surface area contributed by atoms with Crippen molar-refractivity contribution in [1.29, 1.82) is 0 Å². The minimum absolute atomic E-state index is 0.264. The maximum atomic E-state index is 13.2. The largest absolute Gasteiger partial charge is 0.338 e. The van der Waals surface area contributed by atoms with Gasteiger partial charge in [0, 0.05) is 17.4 Å². The van der Waals surface area contributed by atoms with Crippen LogP contribution in [0.15, 0.2) is 54.7 Å². The molecular weight excluding hydrogens is 309 g/mol. The lowest BCUT2D eigenvalue weighted by molar-refractivity contribution is 0.102. The van der Waals surface area contributed by atoms with Crippen molar-refractivity contribution in [2.45, 2.75) is 0 Å². The first-order valence-electron chi connectivity index (χ1n) is 7.25. The van der Waals surface area contributed by atoms with Gasteiger partial charge < -0.3 is 10.3 Å². The van der Waals surface area contributed by atoms with Gasteiger partial charge in [-0.05, 0) is 48.5 Å². The maximum Gasteiger partial charge on any atom is 0.273 e. The molecule has 0 bridgehead atoms. The second-order valence-electron chi connectivity index (χ2n) is 5.25. The molecule has 0 saturated carbocycles. The molecule has 0 aliphatic carbocycles. The Morgan fingerprint density at radius 3 is 2.67 bits per heavy atom. The Balaban J connectivity index is 1.57. The molecule has 0 radical (unpaired) electrons. The quantitative estimate of drug-likeness (QED) is 0.541. The van der Waals surface area contributed by atoms with E-state index >= 15 is 0 Å². The molecule has 0 unspecified atom stereocenters. The molecule has 6 nitrogen and oxygen atoms in total. The summed E-state index contributed by atoms with van der Waals surface area (Å²) >= 11 is 0. The molecule has 3 N–H and O–H groups in total. The molecule has 2 aromatic heterocycles. The van der Waals surface area contributed by atoms with Gasteiger partial charge >= 0.3 is 0 Å². The van der Waals surface area contributed by atoms with E-state index in [1.807, 2.05) is 12.1 Å². The highest BCUT2D eigenvalue weighted by molar-refractivity contribution is 6.02. The topological polar surface area (TPSA) is 86.5 Å². The average Bonchev–Trinajstić information content (AvgIpc) is 3.24. The molecule has 0 atom stereocenters. The molecule has 2 aromatic carbocycles. The van der Waals surface area contributed by atoms with E-state index in [1.54, 1.807) is 24.3 Å². The highest BCUT2D eigenvalue weighted by Gasteiger charge is 2.09. The predicted octanol–water partition coefficient (Wildman–Crippen LogP) is 3.34. The Kier molecular flexibility index (Phi) is 3.31. The van der Waals surface area contributed by atoms with Crippen LogP contribution in [-0.4, -0.2) is 26.1 Å². The number of amides is 1. The number of H-pyrrole nitrogens is 2. The first-order valence-corrected chi connectivity index (χ1v) is 7.25. The van der Waals surface area contributed by atoms with Gasteiger partial charge in [-0.3, -0.25) is 9.89 Å². The third-order valence-electron chi connectivity index (χ3n) is 3.61. The zero-order valence-corrected chi connectivity index (χ0v) is 12.4. The van der Waals surface area contributed by atoms with E-state index in [4.69, 9.17) is 0 Å². The molecule has 2 heterocycles. The SMILES string of the molecule is O=C(Nc1ccc(-c2nc3ccc(F)cc3[nH]2)cc1)c1ccn[nH]1. The third kappa shape index (κ3) is 2.63. The fourth-order valence-electron chi connectivity index (χ4n) is 2.41. The summed E-state index contributed by atoms with van der Waals surface area (Å²) in [6.45, 7) is 0. The van der Waals surface area contributed by atoms with Crippen molar-refractivity contribution in [3.05, 3.63) is 66.2 Å². The van der Waals surface area contributed by atoms with Gasteiger partial charge in [0.1, 0.15) is 17.3 Å². The Morgan fingerprint density at radius 2 is 1.92 bits per heavy atom. The summed E-state index contributed by atoms with van der Waals surface area (Å²) < 4.78 is 13.2. The highest BCUT2D eigenvalue weighted by Crippen LogP contribution is 2.22. The van der Waals surface area contributed by atoms with E-state index in [1.165, 1.54) is 18.3 Å². The number of nitrogens with one attached hydrogen (secondary N) is 3. The van der Waals surface area contributed by atoms with E-state index in [0.717, 1.165) is 5.56 Å². The number of fused-ring (bicyclic) bond motifs is 1. The van der Waals surface area contributed by atoms with Crippen LogP contribution in [-0.2, 0) is 0 Å². The Bertz CT molecular complexity index is 1010. The van der Waals surface area contributed by atoms with Crippen molar-refractivity contribution >= 4 is 22.6 Å². The molecule has 24 heavy (non-hydrogen) atoms. The normalized spacial score (nSPS) is 10.9. The fourth-order valence-corrected chi connectivity index (χ4v) is 2.41. The summed E-state index contributed by atoms with van der Waals surface area (Å²) in [5.41, 5.74) is 3.22. The first-order chi connectivity index (χ1) is 11.7. The summed E-state index contributed by atoms with van der Waals surface area (Å²) in [4.78, 5) is 19.5. The predicted molar refractivity (Wildman–Crippen MR) is 88.0 cm³/mol. The minimum Gasteiger partial charge on any atom is -0.338 e. The number of halogens is 1. The van der Waals surface area contributed by atoms with Gasteiger partial charge in [-0.25, -0.2) is 9.37 Å². The van der Waals surface area contributed by atoms with Crippen molar-refractivity contribution in [2.24, 2.45) is 0 Å². The van der Waals surface area contributed by atoms with Crippen molar-refractivity contribution in [2.75, 3.05) is 5.32 Å². The summed E-state index contributed by atoms with van der Waals surface area (Å²) in [5.74, 6) is 0.0658. The molecule has 4 aromatic rings. The van der Waals surface area contributed by atoms with Crippen LogP contribution >= 0.6 is 0 Å². The number of imidazole rings is 1. The first kappa shape index (κ1) is 14.1. The average molecular weight is 321 g/mol. The van der Waals surface area contributed by atoms with Crippen LogP contribution in [0.3, 0.4) is 0 Å². The van der Waals surface area contributed by atoms with Crippen LogP contribution in [0.25, 0.3) is 22.4 Å². The fraction of sp³-hybridized carbons (Fsp3) is 0. The Morgan fingerprint density at radius 1 is 1.08 bits per heavy atom. The monoisotopic (exact) mass is 321 g/mol. The van der Waals surface area contributed by atoms with Gasteiger partial charge in [0.05, 0.1) is 11.0 Å². The van der Waals surface area contributed by atoms with Crippen molar-refractivity contribution in [3.8, 4) is 11.4 Å². The van der Waals surface area contributed by atoms with Gasteiger partial charge in [-0.15, -0.1) is 0 Å². The zero-order chi connectivity index (χ0) is 16.5. The molecule has 7 heteroatoms. The van der Waals surface area contributed by atoms with E-state index in [9.17, 15) is 9.18 Å². The lowest BCUT2D eigenvalue weighted by Crippen LogP contribution is -2.12. The number of carbonyl (C=O) groups is 1. The van der Waals surface area contributed by atoms with Crippen LogP contribution in [0.4, 0.5) is 10.1 Å². The molecule has 0 aliphatic heterocycles. The van der Waals surface area contributed by atoms with Crippen LogP contribution in [0.2, 0.25) is 0 Å². The number of aromatic nitrogens is 4. The number of anilines is 1. The lowest BCUT2D eigenvalue weighted by atomic mass is 10.2. The molecule has 0 aliphatic rings. The molecule has 1 amide bonds. The number of rotatable bonds is 3. The molecule has 0 spiro atoms. The number of nitrogens with zero attached hydrogens (tertiary/aromatic N) is 2. The smallest absolute Gasteiger partial charge is 0.273 e. The minimum atomic E-state index is -0.311. The number of hydrogen-bond donors (Lipinski definition) is 3.